The number of carbonyl (C=O) groups excluding carboxylic acids is 2. The second kappa shape index (κ2) is 9.78. The van der Waals surface area contributed by atoms with Gasteiger partial charge in [-0.3, -0.25) is 9.59 Å². The molecule has 10 heteroatoms. The Bertz CT molecular complexity index is 1750. The maximum Gasteiger partial charge on any atom is 0.323 e. The number of fused-ring (bicyclic) bond motifs is 2. The summed E-state index contributed by atoms with van der Waals surface area (Å²) in [7, 11) is 1.31. The number of ether oxygens (including phenoxy) is 1. The number of anilines is 1. The van der Waals surface area contributed by atoms with Crippen molar-refractivity contribution in [1.29, 1.82) is 0 Å². The van der Waals surface area contributed by atoms with Gasteiger partial charge < -0.3 is 25.1 Å². The Hall–Kier alpha value is -5.25. The molecule has 4 N–H and O–H groups in total. The van der Waals surface area contributed by atoms with Gasteiger partial charge in [0.2, 0.25) is 0 Å². The molecule has 184 valence electrons. The van der Waals surface area contributed by atoms with Crippen LogP contribution in [0.25, 0.3) is 21.8 Å². The van der Waals surface area contributed by atoms with Crippen LogP contribution in [-0.4, -0.2) is 34.1 Å². The van der Waals surface area contributed by atoms with Crippen LogP contribution >= 0.6 is 0 Å². The lowest BCUT2D eigenvalue weighted by Crippen LogP contribution is -2.12. The Labute approximate surface area is 209 Å². The third-order valence-electron chi connectivity index (χ3n) is 5.83. The van der Waals surface area contributed by atoms with Crippen LogP contribution in [-0.2, 0) is 16.0 Å². The maximum absolute atomic E-state index is 13.2. The number of hydrogen-bond acceptors (Lipinski definition) is 7. The number of methoxy groups -OCH3 is 1. The Morgan fingerprint density at radius 2 is 1.70 bits per heavy atom. The first-order valence-electron chi connectivity index (χ1n) is 11.3. The number of H-pyrrole nitrogens is 2. The number of esters is 1. The quantitative estimate of drug-likeness (QED) is 0.191. The predicted molar refractivity (Wildman–Crippen MR) is 139 cm³/mol. The van der Waals surface area contributed by atoms with Gasteiger partial charge >= 0.3 is 11.7 Å². The fourth-order valence-corrected chi connectivity index (χ4v) is 3.99. The average Bonchev–Trinajstić information content (AvgIpc) is 3.27. The number of imidazole rings is 1. The number of azo groups is 1. The molecule has 5 aromatic rings. The first kappa shape index (κ1) is 23.5. The maximum atomic E-state index is 13.2. The summed E-state index contributed by atoms with van der Waals surface area (Å²) in [6.07, 6.45) is 0.0115. The molecule has 0 bridgehead atoms. The minimum atomic E-state index is -0.567. The number of phenols is 1. The summed E-state index contributed by atoms with van der Waals surface area (Å²) in [6.45, 7) is 0. The number of carbonyl (C=O) groups is 2. The Balaban J connectivity index is 1.53. The number of phenolic OH excluding ortho intramolecular Hbond substituents is 1. The van der Waals surface area contributed by atoms with E-state index in [-0.39, 0.29) is 29.1 Å². The predicted octanol–water partition coefficient (Wildman–Crippen LogP) is 5.10. The number of amides is 1. The van der Waals surface area contributed by atoms with Gasteiger partial charge in [-0.25, -0.2) is 4.79 Å². The lowest BCUT2D eigenvalue weighted by Gasteiger charge is -2.11. The summed E-state index contributed by atoms with van der Waals surface area (Å²) in [5.41, 5.74) is 2.36. The van der Waals surface area contributed by atoms with E-state index >= 15 is 0 Å². The molecule has 37 heavy (non-hydrogen) atoms. The molecular weight excluding hydrogens is 474 g/mol. The Morgan fingerprint density at radius 3 is 2.54 bits per heavy atom. The van der Waals surface area contributed by atoms with Crippen molar-refractivity contribution in [2.75, 3.05) is 12.4 Å². The largest absolute Gasteiger partial charge is 0.505 e. The summed E-state index contributed by atoms with van der Waals surface area (Å²) < 4.78 is 4.75. The van der Waals surface area contributed by atoms with Crippen molar-refractivity contribution in [3.05, 3.63) is 94.4 Å². The number of benzene rings is 4. The molecule has 1 aromatic heterocycles. The Kier molecular flexibility index (Phi) is 6.21. The van der Waals surface area contributed by atoms with Crippen LogP contribution < -0.4 is 11.0 Å². The number of aromatic nitrogens is 2. The summed E-state index contributed by atoms with van der Waals surface area (Å²) in [5.74, 6) is -1.33. The van der Waals surface area contributed by atoms with E-state index in [0.29, 0.717) is 38.7 Å². The van der Waals surface area contributed by atoms with E-state index in [9.17, 15) is 19.5 Å². The molecule has 0 unspecified atom stereocenters. The molecule has 0 aliphatic heterocycles. The zero-order valence-electron chi connectivity index (χ0n) is 19.6. The second-order valence-electron chi connectivity index (χ2n) is 8.22. The van der Waals surface area contributed by atoms with Crippen molar-refractivity contribution < 1.29 is 19.4 Å². The standard InChI is InChI=1S/C27H21N5O5/c1-37-23(33)13-16-7-3-5-9-20(16)31-32-24-18-8-4-2-6-15(18)12-19(25(24)34)26(35)28-17-10-11-21-22(14-17)30-27(36)29-21/h2-12,14,34H,13H2,1H3,(H,28,35)(H2,29,30,36)/b32-31+. The minimum Gasteiger partial charge on any atom is -0.505 e. The van der Waals surface area contributed by atoms with Crippen LogP contribution in [0.3, 0.4) is 0 Å². The molecule has 0 atom stereocenters. The highest BCUT2D eigenvalue weighted by Gasteiger charge is 2.19. The van der Waals surface area contributed by atoms with Gasteiger partial charge in [0, 0.05) is 11.1 Å². The molecule has 1 heterocycles. The normalized spacial score (nSPS) is 11.3. The van der Waals surface area contributed by atoms with Crippen molar-refractivity contribution in [3.63, 3.8) is 0 Å². The van der Waals surface area contributed by atoms with Crippen LogP contribution in [0.4, 0.5) is 17.1 Å². The van der Waals surface area contributed by atoms with E-state index in [0.717, 1.165) is 0 Å². The number of hydrogen-bond donors (Lipinski definition) is 4. The molecule has 0 saturated carbocycles. The van der Waals surface area contributed by atoms with E-state index in [1.165, 1.54) is 7.11 Å². The summed E-state index contributed by atoms with van der Waals surface area (Å²) in [4.78, 5) is 41.8. The molecule has 0 saturated heterocycles. The average molecular weight is 495 g/mol. The highest BCUT2D eigenvalue weighted by molar-refractivity contribution is 6.12. The fraction of sp³-hybridized carbons (Fsp3) is 0.0741. The molecule has 5 rings (SSSR count). The summed E-state index contributed by atoms with van der Waals surface area (Å²) >= 11 is 0. The number of aromatic amines is 2. The third kappa shape index (κ3) is 4.80. The van der Waals surface area contributed by atoms with Gasteiger partial charge in [-0.05, 0) is 41.3 Å². The van der Waals surface area contributed by atoms with Crippen molar-refractivity contribution in [2.24, 2.45) is 10.2 Å². The number of rotatable bonds is 6. The Morgan fingerprint density at radius 1 is 0.946 bits per heavy atom. The van der Waals surface area contributed by atoms with Crippen LogP contribution in [0.5, 0.6) is 5.75 Å². The topological polar surface area (TPSA) is 149 Å². The van der Waals surface area contributed by atoms with Crippen LogP contribution in [0, 0.1) is 0 Å². The van der Waals surface area contributed by atoms with Gasteiger partial charge in [-0.2, -0.15) is 5.11 Å². The molecule has 0 fully saturated rings. The first-order chi connectivity index (χ1) is 17.9. The molecule has 0 spiro atoms. The lowest BCUT2D eigenvalue weighted by atomic mass is 10.0. The SMILES string of the molecule is COC(=O)Cc1ccccc1/N=N/c1c(O)c(C(=O)Nc2ccc3[nH]c(=O)[nH]c3c2)cc2ccccc12. The third-order valence-corrected chi connectivity index (χ3v) is 5.83. The number of aromatic hydroxyl groups is 1. The van der Waals surface area contributed by atoms with Crippen LogP contribution in [0.2, 0.25) is 0 Å². The summed E-state index contributed by atoms with van der Waals surface area (Å²) in [6, 6.07) is 20.6. The van der Waals surface area contributed by atoms with Gasteiger partial charge in [-0.1, -0.05) is 42.5 Å². The van der Waals surface area contributed by atoms with E-state index < -0.39 is 11.9 Å². The van der Waals surface area contributed by atoms with Crippen molar-refractivity contribution in [3.8, 4) is 5.75 Å². The van der Waals surface area contributed by atoms with Crippen LogP contribution in [0.1, 0.15) is 15.9 Å². The molecular formula is C27H21N5O5. The number of nitrogens with one attached hydrogen (secondary N) is 3. The molecule has 0 aliphatic rings. The number of nitrogens with zero attached hydrogens (tertiary/aromatic N) is 2. The van der Waals surface area contributed by atoms with E-state index in [1.54, 1.807) is 66.7 Å². The zero-order chi connectivity index (χ0) is 25.9. The van der Waals surface area contributed by atoms with E-state index in [1.807, 2.05) is 6.07 Å². The highest BCUT2D eigenvalue weighted by atomic mass is 16.5. The van der Waals surface area contributed by atoms with E-state index in [2.05, 4.69) is 25.5 Å². The smallest absolute Gasteiger partial charge is 0.323 e. The molecule has 0 radical (unpaired) electrons. The van der Waals surface area contributed by atoms with Crippen molar-refractivity contribution in [1.82, 2.24) is 9.97 Å². The highest BCUT2D eigenvalue weighted by Crippen LogP contribution is 2.40. The second-order valence-corrected chi connectivity index (χ2v) is 8.22. The monoisotopic (exact) mass is 495 g/mol. The molecule has 1 amide bonds. The van der Waals surface area contributed by atoms with Gasteiger partial charge in [0.1, 0.15) is 5.69 Å². The first-order valence-corrected chi connectivity index (χ1v) is 11.3. The van der Waals surface area contributed by atoms with Gasteiger partial charge in [-0.15, -0.1) is 5.11 Å². The fourth-order valence-electron chi connectivity index (χ4n) is 3.99. The molecule has 0 aliphatic carbocycles. The zero-order valence-corrected chi connectivity index (χ0v) is 19.6. The minimum absolute atomic E-state index is 0.00171. The van der Waals surface area contributed by atoms with Gasteiger partial charge in [0.25, 0.3) is 5.91 Å². The van der Waals surface area contributed by atoms with Crippen LogP contribution in [0.15, 0.2) is 87.8 Å². The van der Waals surface area contributed by atoms with Crippen molar-refractivity contribution in [2.45, 2.75) is 6.42 Å². The lowest BCUT2D eigenvalue weighted by molar-refractivity contribution is -0.139. The molecule has 10 nitrogen and oxygen atoms in total. The summed E-state index contributed by atoms with van der Waals surface area (Å²) in [5, 5.41) is 23.7. The van der Waals surface area contributed by atoms with Gasteiger partial charge in [0.05, 0.1) is 35.8 Å². The van der Waals surface area contributed by atoms with E-state index in [4.69, 9.17) is 4.74 Å². The van der Waals surface area contributed by atoms with Crippen molar-refractivity contribution >= 4 is 50.7 Å². The molecule has 4 aromatic carbocycles. The van der Waals surface area contributed by atoms with Gasteiger partial charge in [0.15, 0.2) is 5.75 Å².